The Morgan fingerprint density at radius 2 is 1.91 bits per heavy atom. The Morgan fingerprint density at radius 3 is 2.57 bits per heavy atom. The number of nitrogens with two attached hydrogens (primary N) is 1. The van der Waals surface area contributed by atoms with Crippen LogP contribution in [-0.4, -0.2) is 19.5 Å². The van der Waals surface area contributed by atoms with E-state index < -0.39 is 5.69 Å². The molecule has 0 aliphatic rings. The molecule has 0 unspecified atom stereocenters. The second-order valence-electron chi connectivity index (χ2n) is 5.12. The van der Waals surface area contributed by atoms with Gasteiger partial charge in [0.1, 0.15) is 12.1 Å². The molecule has 0 saturated heterocycles. The Morgan fingerprint density at radius 1 is 1.13 bits per heavy atom. The van der Waals surface area contributed by atoms with Crippen LogP contribution in [0.25, 0.3) is 5.82 Å². The van der Waals surface area contributed by atoms with Crippen molar-refractivity contribution < 1.29 is 0 Å². The van der Waals surface area contributed by atoms with Gasteiger partial charge in [0.15, 0.2) is 0 Å². The molecule has 0 spiro atoms. The fraction of sp³-hybridized carbons (Fsp3) is 0.125. The van der Waals surface area contributed by atoms with Crippen molar-refractivity contribution in [3.05, 3.63) is 76.6 Å². The largest absolute Gasteiger partial charge is 0.357 e. The minimum absolute atomic E-state index is 0.169. The minimum Gasteiger partial charge on any atom is -0.274 e. The summed E-state index contributed by atoms with van der Waals surface area (Å²) in [6.07, 6.45) is 3.06. The number of nitrogens with zero attached hydrogens (tertiary/aromatic N) is 5. The smallest absolute Gasteiger partial charge is 0.274 e. The van der Waals surface area contributed by atoms with Crippen LogP contribution in [0.1, 0.15) is 11.1 Å². The summed E-state index contributed by atoms with van der Waals surface area (Å²) in [4.78, 5) is 24.4. The number of hydrogen-bond donors (Lipinski definition) is 1. The van der Waals surface area contributed by atoms with Crippen molar-refractivity contribution in [3.8, 4) is 5.82 Å². The van der Waals surface area contributed by atoms with Gasteiger partial charge in [0, 0.05) is 6.20 Å². The number of rotatable bonds is 4. The fourth-order valence-corrected chi connectivity index (χ4v) is 2.08. The van der Waals surface area contributed by atoms with Crippen LogP contribution in [0.5, 0.6) is 0 Å². The van der Waals surface area contributed by atoms with E-state index >= 15 is 0 Å². The van der Waals surface area contributed by atoms with Gasteiger partial charge in [-0.15, -0.1) is 0 Å². The molecule has 0 atom stereocenters. The van der Waals surface area contributed by atoms with Crippen molar-refractivity contribution in [3.63, 3.8) is 0 Å². The lowest BCUT2D eigenvalue weighted by Gasteiger charge is -2.16. The number of anilines is 1. The zero-order chi connectivity index (χ0) is 16.2. The van der Waals surface area contributed by atoms with Gasteiger partial charge in [-0.2, -0.15) is 4.98 Å². The summed E-state index contributed by atoms with van der Waals surface area (Å²) in [5, 5.41) is 1.34. The molecule has 3 rings (SSSR count). The molecule has 0 saturated carbocycles. The molecule has 7 nitrogen and oxygen atoms in total. The van der Waals surface area contributed by atoms with Gasteiger partial charge in [-0.25, -0.2) is 25.2 Å². The summed E-state index contributed by atoms with van der Waals surface area (Å²) in [5.74, 6) is 6.59. The van der Waals surface area contributed by atoms with Crippen LogP contribution in [0.4, 0.5) is 5.95 Å². The summed E-state index contributed by atoms with van der Waals surface area (Å²) < 4.78 is 1.28. The van der Waals surface area contributed by atoms with E-state index in [0.29, 0.717) is 12.4 Å². The molecule has 23 heavy (non-hydrogen) atoms. The Kier molecular flexibility index (Phi) is 4.11. The minimum atomic E-state index is -0.477. The topological polar surface area (TPSA) is 89.9 Å². The number of hydrogen-bond acceptors (Lipinski definition) is 6. The van der Waals surface area contributed by atoms with Crippen molar-refractivity contribution in [2.24, 2.45) is 5.84 Å². The van der Waals surface area contributed by atoms with Crippen LogP contribution in [0.15, 0.2) is 59.8 Å². The molecule has 3 aromatic rings. The van der Waals surface area contributed by atoms with Gasteiger partial charge in [0.05, 0.1) is 6.54 Å². The number of pyridine rings is 1. The SMILES string of the molecule is Cc1ccc(-n2cnc(N(N)Cc3ccccc3)nc2=O)nc1. The number of aromatic nitrogens is 4. The summed E-state index contributed by atoms with van der Waals surface area (Å²) in [6.45, 7) is 2.34. The average Bonchev–Trinajstić information content (AvgIpc) is 2.57. The molecule has 0 bridgehead atoms. The molecule has 0 aliphatic heterocycles. The predicted molar refractivity (Wildman–Crippen MR) is 87.0 cm³/mol. The van der Waals surface area contributed by atoms with Crippen molar-refractivity contribution >= 4 is 5.95 Å². The number of aryl methyl sites for hydroxylation is 1. The highest BCUT2D eigenvalue weighted by Gasteiger charge is 2.09. The van der Waals surface area contributed by atoms with Crippen LogP contribution in [-0.2, 0) is 6.54 Å². The molecular weight excluding hydrogens is 292 g/mol. The van der Waals surface area contributed by atoms with Crippen LogP contribution in [0.3, 0.4) is 0 Å². The Hall–Kier alpha value is -3.06. The van der Waals surface area contributed by atoms with Crippen LogP contribution < -0.4 is 16.5 Å². The Bertz CT molecular complexity index is 844. The van der Waals surface area contributed by atoms with Crippen LogP contribution in [0, 0.1) is 6.92 Å². The van der Waals surface area contributed by atoms with E-state index in [2.05, 4.69) is 15.0 Å². The van der Waals surface area contributed by atoms with Gasteiger partial charge < -0.3 is 0 Å². The van der Waals surface area contributed by atoms with Gasteiger partial charge >= 0.3 is 5.69 Å². The molecule has 0 amide bonds. The van der Waals surface area contributed by atoms with E-state index in [1.54, 1.807) is 12.3 Å². The van der Waals surface area contributed by atoms with Gasteiger partial charge in [-0.3, -0.25) is 5.01 Å². The standard InChI is InChI=1S/C16H16N6O/c1-12-7-8-14(18-9-12)21-11-19-15(20-16(21)23)22(17)10-13-5-3-2-4-6-13/h2-9,11H,10,17H2,1H3. The highest BCUT2D eigenvalue weighted by Crippen LogP contribution is 2.07. The van der Waals surface area contributed by atoms with Crippen LogP contribution in [0.2, 0.25) is 0 Å². The van der Waals surface area contributed by atoms with E-state index in [1.165, 1.54) is 15.9 Å². The zero-order valence-electron chi connectivity index (χ0n) is 12.6. The lowest BCUT2D eigenvalue weighted by atomic mass is 10.2. The van der Waals surface area contributed by atoms with E-state index in [0.717, 1.165) is 11.1 Å². The van der Waals surface area contributed by atoms with Crippen molar-refractivity contribution in [2.45, 2.75) is 13.5 Å². The summed E-state index contributed by atoms with van der Waals surface area (Å²) in [5.41, 5.74) is 1.54. The monoisotopic (exact) mass is 308 g/mol. The fourth-order valence-electron chi connectivity index (χ4n) is 2.08. The maximum absolute atomic E-state index is 12.2. The Labute approximate surface area is 133 Å². The molecule has 0 fully saturated rings. The molecule has 2 heterocycles. The normalized spacial score (nSPS) is 10.5. The summed E-state index contributed by atoms with van der Waals surface area (Å²) >= 11 is 0. The lowest BCUT2D eigenvalue weighted by molar-refractivity contribution is 0.758. The maximum atomic E-state index is 12.2. The highest BCUT2D eigenvalue weighted by molar-refractivity contribution is 5.30. The first-order valence-electron chi connectivity index (χ1n) is 7.08. The van der Waals surface area contributed by atoms with E-state index in [1.807, 2.05) is 43.3 Å². The first-order valence-corrected chi connectivity index (χ1v) is 7.08. The Balaban J connectivity index is 1.84. The highest BCUT2D eigenvalue weighted by atomic mass is 16.1. The maximum Gasteiger partial charge on any atom is 0.357 e. The van der Waals surface area contributed by atoms with Gasteiger partial charge in [0.25, 0.3) is 0 Å². The lowest BCUT2D eigenvalue weighted by Crippen LogP contribution is -2.35. The molecular formula is C16H16N6O. The van der Waals surface area contributed by atoms with Crippen molar-refractivity contribution in [2.75, 3.05) is 5.01 Å². The second-order valence-corrected chi connectivity index (χ2v) is 5.12. The molecule has 0 radical (unpaired) electrons. The van der Waals surface area contributed by atoms with Crippen molar-refractivity contribution in [1.29, 1.82) is 0 Å². The van der Waals surface area contributed by atoms with Crippen LogP contribution >= 0.6 is 0 Å². The van der Waals surface area contributed by atoms with Gasteiger partial charge in [-0.05, 0) is 24.1 Å². The van der Waals surface area contributed by atoms with E-state index in [9.17, 15) is 4.79 Å². The summed E-state index contributed by atoms with van der Waals surface area (Å²) in [7, 11) is 0. The number of benzene rings is 1. The van der Waals surface area contributed by atoms with Crippen molar-refractivity contribution in [1.82, 2.24) is 19.5 Å². The molecule has 2 N–H and O–H groups in total. The first kappa shape index (κ1) is 14.9. The third kappa shape index (κ3) is 3.41. The zero-order valence-corrected chi connectivity index (χ0v) is 12.6. The molecule has 2 aromatic heterocycles. The van der Waals surface area contributed by atoms with E-state index in [-0.39, 0.29) is 5.95 Å². The average molecular weight is 308 g/mol. The third-order valence-electron chi connectivity index (χ3n) is 3.29. The molecule has 1 aromatic carbocycles. The molecule has 0 aliphatic carbocycles. The molecule has 116 valence electrons. The first-order chi connectivity index (χ1) is 11.1. The number of hydrazine groups is 1. The third-order valence-corrected chi connectivity index (χ3v) is 3.29. The second kappa shape index (κ2) is 6.37. The van der Waals surface area contributed by atoms with Gasteiger partial charge in [-0.1, -0.05) is 36.4 Å². The van der Waals surface area contributed by atoms with Gasteiger partial charge in [0.2, 0.25) is 5.95 Å². The quantitative estimate of drug-likeness (QED) is 0.575. The van der Waals surface area contributed by atoms with E-state index in [4.69, 9.17) is 5.84 Å². The molecule has 7 heteroatoms. The summed E-state index contributed by atoms with van der Waals surface area (Å²) in [6, 6.07) is 13.3. The predicted octanol–water partition coefficient (Wildman–Crippen LogP) is 1.21.